The van der Waals surface area contributed by atoms with Crippen LogP contribution in [0.5, 0.6) is 0 Å². The Morgan fingerprint density at radius 3 is 1.54 bits per heavy atom. The van der Waals surface area contributed by atoms with Crippen LogP contribution in [0.2, 0.25) is 0 Å². The van der Waals surface area contributed by atoms with Gasteiger partial charge in [0.25, 0.3) is 0 Å². The van der Waals surface area contributed by atoms with Gasteiger partial charge in [0.15, 0.2) is 0 Å². The van der Waals surface area contributed by atoms with Crippen LogP contribution >= 0.6 is 0 Å². The molecule has 0 radical (unpaired) electrons. The largest absolute Gasteiger partial charge is 0.335 e. The smallest absolute Gasteiger partial charge is 0.168 e. The van der Waals surface area contributed by atoms with Crippen molar-refractivity contribution in [2.75, 3.05) is 0 Å². The monoisotopic (exact) mass is 194 g/mol. The van der Waals surface area contributed by atoms with Crippen LogP contribution < -0.4 is 0 Å². The van der Waals surface area contributed by atoms with Gasteiger partial charge in [-0.25, -0.2) is 0 Å². The van der Waals surface area contributed by atoms with E-state index in [2.05, 4.69) is 13.2 Å². The first-order chi connectivity index (χ1) is 6.29. The van der Waals surface area contributed by atoms with Crippen LogP contribution in [0.4, 0.5) is 0 Å². The fourth-order valence-corrected chi connectivity index (χ4v) is 0.883. The van der Waals surface area contributed by atoms with Gasteiger partial charge in [-0.2, -0.15) is 8.42 Å². The minimum atomic E-state index is -0.750. The summed E-state index contributed by atoms with van der Waals surface area (Å²) < 4.78 is 16.6. The molecule has 0 aromatic heterocycles. The molecule has 0 aliphatic heterocycles. The van der Waals surface area contributed by atoms with Gasteiger partial charge in [0.1, 0.15) is 0 Å². The van der Waals surface area contributed by atoms with E-state index < -0.39 is 11.6 Å². The maximum atomic E-state index is 8.29. The molecule has 0 N–H and O–H groups in total. The fraction of sp³-hybridized carbons (Fsp3) is 0. The van der Waals surface area contributed by atoms with Crippen LogP contribution in [0.15, 0.2) is 37.4 Å². The fourth-order valence-electron chi connectivity index (χ4n) is 0.883. The molecule has 0 saturated carbocycles. The van der Waals surface area contributed by atoms with Gasteiger partial charge in [0, 0.05) is 0 Å². The van der Waals surface area contributed by atoms with Gasteiger partial charge >= 0.3 is 11.6 Å². The highest BCUT2D eigenvalue weighted by molar-refractivity contribution is 7.51. The van der Waals surface area contributed by atoms with E-state index in [0.717, 1.165) is 11.1 Å². The Morgan fingerprint density at radius 1 is 1.00 bits per heavy atom. The number of benzene rings is 1. The lowest BCUT2D eigenvalue weighted by Gasteiger charge is -1.96. The topological polar surface area (TPSA) is 34.1 Å². The molecule has 0 bridgehead atoms. The van der Waals surface area contributed by atoms with Gasteiger partial charge < -0.3 is 0 Å². The van der Waals surface area contributed by atoms with E-state index in [1.165, 1.54) is 0 Å². The minimum absolute atomic E-state index is 0.750. The molecular weight excluding hydrogens is 184 g/mol. The molecule has 0 aliphatic carbocycles. The average molecular weight is 194 g/mol. The second-order valence-corrected chi connectivity index (χ2v) is 2.24. The number of hydrogen-bond donors (Lipinski definition) is 0. The average Bonchev–Trinajstić information content (AvgIpc) is 2.19. The van der Waals surface area contributed by atoms with Crippen LogP contribution in [0.3, 0.4) is 0 Å². The predicted molar refractivity (Wildman–Crippen MR) is 55.5 cm³/mol. The molecule has 68 valence electrons. The molecule has 3 heteroatoms. The molecule has 0 unspecified atom stereocenters. The van der Waals surface area contributed by atoms with Crippen molar-refractivity contribution >= 4 is 23.7 Å². The summed E-state index contributed by atoms with van der Waals surface area (Å²) in [5.41, 5.74) is 2.27. The van der Waals surface area contributed by atoms with Crippen LogP contribution in [-0.4, -0.2) is 8.42 Å². The summed E-state index contributed by atoms with van der Waals surface area (Å²) in [7, 11) is 0. The van der Waals surface area contributed by atoms with E-state index in [4.69, 9.17) is 8.42 Å². The molecule has 1 aromatic rings. The lowest BCUT2D eigenvalue weighted by Crippen LogP contribution is -1.76. The van der Waals surface area contributed by atoms with Crippen molar-refractivity contribution in [3.63, 3.8) is 0 Å². The molecule has 0 amide bonds. The van der Waals surface area contributed by atoms with E-state index in [9.17, 15) is 0 Å². The Morgan fingerprint density at radius 2 is 1.31 bits per heavy atom. The standard InChI is InChI=1S/C10H10.O2S/c1-3-9-7-5-6-8-10(9)4-2;1-3-2/h3-8H,1-2H2;. The first kappa shape index (κ1) is 11.5. The third kappa shape index (κ3) is 4.18. The van der Waals surface area contributed by atoms with Crippen LogP contribution in [0, 0.1) is 0 Å². The van der Waals surface area contributed by atoms with E-state index in [1.54, 1.807) is 0 Å². The lowest BCUT2D eigenvalue weighted by molar-refractivity contribution is 0.630. The van der Waals surface area contributed by atoms with E-state index >= 15 is 0 Å². The molecule has 13 heavy (non-hydrogen) atoms. The third-order valence-corrected chi connectivity index (χ3v) is 1.44. The van der Waals surface area contributed by atoms with Gasteiger partial charge in [-0.1, -0.05) is 49.6 Å². The van der Waals surface area contributed by atoms with Crippen molar-refractivity contribution in [2.45, 2.75) is 0 Å². The normalized spacial score (nSPS) is 7.69. The summed E-state index contributed by atoms with van der Waals surface area (Å²) in [6.07, 6.45) is 3.66. The van der Waals surface area contributed by atoms with Crippen molar-refractivity contribution in [1.29, 1.82) is 0 Å². The highest BCUT2D eigenvalue weighted by Crippen LogP contribution is 2.10. The molecule has 0 fully saturated rings. The summed E-state index contributed by atoms with van der Waals surface area (Å²) >= 11 is -0.750. The molecule has 0 saturated heterocycles. The molecule has 0 heterocycles. The molecule has 0 spiro atoms. The second kappa shape index (κ2) is 7.18. The van der Waals surface area contributed by atoms with Gasteiger partial charge in [-0.15, -0.1) is 0 Å². The van der Waals surface area contributed by atoms with Crippen molar-refractivity contribution in [3.8, 4) is 0 Å². The van der Waals surface area contributed by atoms with Crippen molar-refractivity contribution in [1.82, 2.24) is 0 Å². The van der Waals surface area contributed by atoms with Gasteiger partial charge in [-0.3, -0.25) is 0 Å². The summed E-state index contributed by atoms with van der Waals surface area (Å²) in [5.74, 6) is 0. The maximum absolute atomic E-state index is 8.29. The first-order valence-electron chi connectivity index (χ1n) is 3.55. The van der Waals surface area contributed by atoms with Crippen LogP contribution in [0.25, 0.3) is 12.2 Å². The number of rotatable bonds is 2. The molecule has 2 nitrogen and oxygen atoms in total. The summed E-state index contributed by atoms with van der Waals surface area (Å²) in [6.45, 7) is 7.38. The zero-order chi connectivity index (χ0) is 10.1. The highest BCUT2D eigenvalue weighted by atomic mass is 32.1. The summed E-state index contributed by atoms with van der Waals surface area (Å²) in [4.78, 5) is 0. The van der Waals surface area contributed by atoms with Crippen molar-refractivity contribution in [2.24, 2.45) is 0 Å². The molecule has 1 rings (SSSR count). The highest BCUT2D eigenvalue weighted by Gasteiger charge is 1.89. The Labute approximate surface area is 81.2 Å². The van der Waals surface area contributed by atoms with Gasteiger partial charge in [0.2, 0.25) is 0 Å². The Balaban J connectivity index is 0.000000424. The molecule has 0 aliphatic rings. The summed E-state index contributed by atoms with van der Waals surface area (Å²) in [5, 5.41) is 0. The summed E-state index contributed by atoms with van der Waals surface area (Å²) in [6, 6.07) is 8.02. The zero-order valence-corrected chi connectivity index (χ0v) is 7.92. The maximum Gasteiger partial charge on any atom is 0.335 e. The molecular formula is C10H10O2S. The van der Waals surface area contributed by atoms with E-state index in [-0.39, 0.29) is 0 Å². The molecule has 0 atom stereocenters. The van der Waals surface area contributed by atoms with Crippen molar-refractivity contribution in [3.05, 3.63) is 48.6 Å². The number of hydrogen-bond acceptors (Lipinski definition) is 2. The third-order valence-electron chi connectivity index (χ3n) is 1.44. The van der Waals surface area contributed by atoms with Crippen LogP contribution in [0.1, 0.15) is 11.1 Å². The second-order valence-electron chi connectivity index (χ2n) is 2.11. The minimum Gasteiger partial charge on any atom is -0.168 e. The predicted octanol–water partition coefficient (Wildman–Crippen LogP) is 2.30. The quantitative estimate of drug-likeness (QED) is 0.724. The lowest BCUT2D eigenvalue weighted by atomic mass is 10.1. The van der Waals surface area contributed by atoms with Crippen LogP contribution in [-0.2, 0) is 11.6 Å². The SMILES string of the molecule is C=Cc1ccccc1C=C.O=S=O. The first-order valence-corrected chi connectivity index (χ1v) is 4.22. The Kier molecular flexibility index (Phi) is 6.37. The van der Waals surface area contributed by atoms with Gasteiger partial charge in [0.05, 0.1) is 0 Å². The van der Waals surface area contributed by atoms with E-state index in [0.29, 0.717) is 0 Å². The molecule has 1 aromatic carbocycles. The van der Waals surface area contributed by atoms with Gasteiger partial charge in [-0.05, 0) is 11.1 Å². The zero-order valence-electron chi connectivity index (χ0n) is 7.10. The van der Waals surface area contributed by atoms with E-state index in [1.807, 2.05) is 36.4 Å². The Bertz CT molecular complexity index is 298. The Hall–Kier alpha value is -1.48. The van der Waals surface area contributed by atoms with Crippen molar-refractivity contribution < 1.29 is 8.42 Å².